The van der Waals surface area contributed by atoms with Crippen LogP contribution in [0.15, 0.2) is 90.1 Å². The highest BCUT2D eigenvalue weighted by Crippen LogP contribution is 2.43. The van der Waals surface area contributed by atoms with Crippen LogP contribution < -0.4 is 10.6 Å². The van der Waals surface area contributed by atoms with Crippen LogP contribution in [0.1, 0.15) is 40.7 Å². The molecule has 0 unspecified atom stereocenters. The van der Waals surface area contributed by atoms with E-state index in [2.05, 4.69) is 15.6 Å². The Kier molecular flexibility index (Phi) is 10.7. The Morgan fingerprint density at radius 3 is 2.15 bits per heavy atom. The Bertz CT molecular complexity index is 1940. The minimum absolute atomic E-state index is 0.0404. The van der Waals surface area contributed by atoms with Crippen molar-refractivity contribution in [2.75, 3.05) is 11.9 Å². The molecule has 15 heteroatoms. The topological polar surface area (TPSA) is 146 Å². The minimum atomic E-state index is -4.33. The van der Waals surface area contributed by atoms with Crippen molar-refractivity contribution < 1.29 is 27.9 Å². The fourth-order valence-corrected chi connectivity index (χ4v) is 8.73. The van der Waals surface area contributed by atoms with Crippen LogP contribution in [0.25, 0.3) is 0 Å². The van der Waals surface area contributed by atoms with Crippen molar-refractivity contribution in [2.24, 2.45) is 0 Å². The van der Waals surface area contributed by atoms with Crippen LogP contribution in [0, 0.1) is 0 Å². The third-order valence-corrected chi connectivity index (χ3v) is 11.1. The van der Waals surface area contributed by atoms with E-state index >= 15 is 0 Å². The molecular formula is C33H28Cl4N4O6S. The average Bonchev–Trinajstić information content (AvgIpc) is 3.41. The second kappa shape index (κ2) is 14.4. The lowest BCUT2D eigenvalue weighted by Gasteiger charge is -2.34. The number of anilines is 1. The molecule has 1 fully saturated rings. The average molecular weight is 750 g/mol. The van der Waals surface area contributed by atoms with Crippen LogP contribution in [0.3, 0.4) is 0 Å². The second-order valence-electron chi connectivity index (χ2n) is 11.4. The molecule has 1 aliphatic rings. The van der Waals surface area contributed by atoms with Crippen LogP contribution in [-0.4, -0.2) is 58.7 Å². The predicted molar refractivity (Wildman–Crippen MR) is 184 cm³/mol. The molecule has 4 aromatic rings. The van der Waals surface area contributed by atoms with Gasteiger partial charge in [0, 0.05) is 47.0 Å². The van der Waals surface area contributed by atoms with Crippen LogP contribution in [0.2, 0.25) is 20.1 Å². The van der Waals surface area contributed by atoms with E-state index in [1.807, 2.05) is 30.3 Å². The Labute approximate surface area is 297 Å². The number of sulfonamides is 1. The maximum Gasteiger partial charge on any atom is 0.326 e. The highest BCUT2D eigenvalue weighted by atomic mass is 35.5. The molecule has 3 aromatic carbocycles. The van der Waals surface area contributed by atoms with Crippen molar-refractivity contribution in [2.45, 2.75) is 42.2 Å². The maximum atomic E-state index is 14.0. The predicted octanol–water partition coefficient (Wildman–Crippen LogP) is 6.70. The molecule has 2 amide bonds. The van der Waals surface area contributed by atoms with Gasteiger partial charge in [-0.25, -0.2) is 13.2 Å². The molecule has 0 radical (unpaired) electrons. The first-order chi connectivity index (χ1) is 22.7. The summed E-state index contributed by atoms with van der Waals surface area (Å²) >= 11 is 24.4. The largest absolute Gasteiger partial charge is 0.480 e. The molecule has 0 bridgehead atoms. The zero-order valence-electron chi connectivity index (χ0n) is 25.2. The number of nitrogens with one attached hydrogen (secondary N) is 2. The number of rotatable bonds is 10. The fourth-order valence-electron chi connectivity index (χ4n) is 5.67. The molecule has 10 nitrogen and oxygen atoms in total. The van der Waals surface area contributed by atoms with Crippen molar-refractivity contribution in [1.82, 2.24) is 14.6 Å². The summed E-state index contributed by atoms with van der Waals surface area (Å²) in [7, 11) is -4.33. The second-order valence-corrected chi connectivity index (χ2v) is 15.0. The third-order valence-electron chi connectivity index (χ3n) is 8.10. The van der Waals surface area contributed by atoms with E-state index in [1.165, 1.54) is 37.5 Å². The molecule has 250 valence electrons. The molecule has 1 saturated heterocycles. The number of carbonyl (C=O) groups excluding carboxylic acids is 2. The summed E-state index contributed by atoms with van der Waals surface area (Å²) in [4.78, 5) is 42.8. The fraction of sp³-hybridized carbons (Fsp3) is 0.212. The number of hydrogen-bond acceptors (Lipinski definition) is 6. The zero-order chi connectivity index (χ0) is 34.8. The lowest BCUT2D eigenvalue weighted by molar-refractivity contribution is -0.143. The van der Waals surface area contributed by atoms with Gasteiger partial charge in [0.15, 0.2) is 0 Å². The molecule has 0 aliphatic carbocycles. The molecule has 0 saturated carbocycles. The smallest absolute Gasteiger partial charge is 0.326 e. The van der Waals surface area contributed by atoms with Crippen molar-refractivity contribution in [3.63, 3.8) is 0 Å². The number of carbonyl (C=O) groups is 3. The first-order valence-electron chi connectivity index (χ1n) is 14.5. The normalized spacial score (nSPS) is 18.6. The Morgan fingerprint density at radius 1 is 0.958 bits per heavy atom. The monoisotopic (exact) mass is 748 g/mol. The van der Waals surface area contributed by atoms with E-state index in [0.717, 1.165) is 9.87 Å². The molecule has 3 atom stereocenters. The maximum absolute atomic E-state index is 14.0. The summed E-state index contributed by atoms with van der Waals surface area (Å²) in [5.41, 5.74) is 0.114. The quantitative estimate of drug-likeness (QED) is 0.164. The van der Waals surface area contributed by atoms with Gasteiger partial charge in [0.05, 0.1) is 20.5 Å². The number of amides is 2. The molecule has 5 rings (SSSR count). The highest BCUT2D eigenvalue weighted by Gasteiger charge is 2.54. The molecule has 2 heterocycles. The first kappa shape index (κ1) is 35.6. The molecule has 1 aromatic heterocycles. The van der Waals surface area contributed by atoms with Crippen LogP contribution >= 0.6 is 46.4 Å². The Hall–Kier alpha value is -3.71. The highest BCUT2D eigenvalue weighted by molar-refractivity contribution is 7.89. The number of hydrogen-bond donors (Lipinski definition) is 3. The van der Waals surface area contributed by atoms with E-state index in [1.54, 1.807) is 24.3 Å². The van der Waals surface area contributed by atoms with Gasteiger partial charge in [-0.3, -0.25) is 14.6 Å². The van der Waals surface area contributed by atoms with Crippen molar-refractivity contribution >= 4 is 79.9 Å². The van der Waals surface area contributed by atoms with Crippen LogP contribution in [-0.2, 0) is 26.0 Å². The van der Waals surface area contributed by atoms with Crippen molar-refractivity contribution in [3.05, 3.63) is 122 Å². The van der Waals surface area contributed by atoms with Gasteiger partial charge in [0.2, 0.25) is 15.9 Å². The molecule has 1 aliphatic heterocycles. The van der Waals surface area contributed by atoms with E-state index in [-0.39, 0.29) is 55.9 Å². The number of nitrogens with zero attached hydrogens (tertiary/aromatic N) is 2. The van der Waals surface area contributed by atoms with Gasteiger partial charge in [-0.2, -0.15) is 4.31 Å². The number of benzene rings is 3. The van der Waals surface area contributed by atoms with E-state index in [9.17, 15) is 27.9 Å². The van der Waals surface area contributed by atoms with Crippen molar-refractivity contribution in [1.29, 1.82) is 0 Å². The van der Waals surface area contributed by atoms with Gasteiger partial charge in [-0.1, -0.05) is 88.9 Å². The number of pyridine rings is 1. The first-order valence-corrected chi connectivity index (χ1v) is 17.4. The van der Waals surface area contributed by atoms with Gasteiger partial charge in [0.25, 0.3) is 5.91 Å². The van der Waals surface area contributed by atoms with Gasteiger partial charge in [0.1, 0.15) is 11.6 Å². The SMILES string of the molecule is C[C@]1(C(=O)N[C@@H](Cc2ccc(NC(=O)c3c(Cl)cncc3Cl)cc2)C(=O)O)C[C@@H](c2ccccc2)CN1S(=O)(=O)c1cc(Cl)cc(Cl)c1. The summed E-state index contributed by atoms with van der Waals surface area (Å²) in [6.07, 6.45) is 2.54. The minimum Gasteiger partial charge on any atom is -0.480 e. The summed E-state index contributed by atoms with van der Waals surface area (Å²) in [5, 5.41) is 15.7. The van der Waals surface area contributed by atoms with Gasteiger partial charge >= 0.3 is 5.97 Å². The molecule has 3 N–H and O–H groups in total. The van der Waals surface area contributed by atoms with E-state index in [0.29, 0.717) is 11.3 Å². The van der Waals surface area contributed by atoms with E-state index < -0.39 is 39.4 Å². The lowest BCUT2D eigenvalue weighted by atomic mass is 9.89. The summed E-state index contributed by atoms with van der Waals surface area (Å²) < 4.78 is 29.2. The lowest BCUT2D eigenvalue weighted by Crippen LogP contribution is -2.58. The summed E-state index contributed by atoms with van der Waals surface area (Å²) in [6.45, 7) is 1.44. The number of carboxylic acids is 1. The van der Waals surface area contributed by atoms with Gasteiger partial charge in [-0.05, 0) is 54.8 Å². The van der Waals surface area contributed by atoms with Crippen molar-refractivity contribution in [3.8, 4) is 0 Å². The standard InChI is InChI=1S/C33H28Cl4N4O6S/c1-33(15-21(20-5-3-2-4-6-20)18-41(33)48(46,47)25-13-22(34)12-23(35)14-25)32(45)40-28(31(43)44)11-19-7-9-24(10-8-19)39-30(42)29-26(36)16-38-17-27(29)37/h2-10,12-14,16-17,21,28H,11,15,18H2,1H3,(H,39,42)(H,40,45)(H,43,44)/t21-,28+,33-/m1/s1. The van der Waals surface area contributed by atoms with E-state index in [4.69, 9.17) is 46.4 Å². The Morgan fingerprint density at radius 2 is 1.56 bits per heavy atom. The molecular weight excluding hydrogens is 722 g/mol. The zero-order valence-corrected chi connectivity index (χ0v) is 29.0. The molecule has 48 heavy (non-hydrogen) atoms. The summed E-state index contributed by atoms with van der Waals surface area (Å²) in [5.74, 6) is -3.02. The number of halogens is 4. The van der Waals surface area contributed by atoms with Crippen LogP contribution in [0.4, 0.5) is 5.69 Å². The van der Waals surface area contributed by atoms with Gasteiger partial charge < -0.3 is 15.7 Å². The summed E-state index contributed by atoms with van der Waals surface area (Å²) in [6, 6.07) is 18.0. The molecule has 0 spiro atoms. The number of aromatic nitrogens is 1. The number of carboxylic acid groups (broad SMARTS) is 1. The third kappa shape index (κ3) is 7.62. The van der Waals surface area contributed by atoms with Crippen LogP contribution in [0.5, 0.6) is 0 Å². The van der Waals surface area contributed by atoms with Gasteiger partial charge in [-0.15, -0.1) is 0 Å². The number of aliphatic carboxylic acids is 1. The Balaban J connectivity index is 1.37.